The molecule has 2 rings (SSSR count). The first-order chi connectivity index (χ1) is 10.1. The third-order valence-electron chi connectivity index (χ3n) is 2.65. The van der Waals surface area contributed by atoms with Crippen LogP contribution in [0.1, 0.15) is 5.56 Å². The molecular weight excluding hydrogens is 276 g/mol. The zero-order valence-electron chi connectivity index (χ0n) is 10.7. The Bertz CT molecular complexity index is 680. The van der Waals surface area contributed by atoms with E-state index < -0.39 is 9.85 Å². The Hall–Kier alpha value is -3.16. The molecule has 0 aliphatic heterocycles. The van der Waals surface area contributed by atoms with Crippen molar-refractivity contribution in [2.75, 3.05) is 0 Å². The van der Waals surface area contributed by atoms with Gasteiger partial charge in [0.05, 0.1) is 22.1 Å². The summed E-state index contributed by atoms with van der Waals surface area (Å²) >= 11 is 0. The van der Waals surface area contributed by atoms with Crippen LogP contribution in [0.2, 0.25) is 0 Å². The van der Waals surface area contributed by atoms with Crippen LogP contribution < -0.4 is 0 Å². The molecule has 0 saturated heterocycles. The normalized spacial score (nSPS) is 10.7. The highest BCUT2D eigenvalue weighted by molar-refractivity contribution is 5.43. The van der Waals surface area contributed by atoms with E-state index in [-0.39, 0.29) is 17.9 Å². The summed E-state index contributed by atoms with van der Waals surface area (Å²) in [5.41, 5.74) is 1.30. The average Bonchev–Trinajstić information content (AvgIpc) is 2.48. The minimum atomic E-state index is -0.488. The minimum Gasteiger partial charge on any atom is -0.258 e. The number of hydrogen-bond donors (Lipinski definition) is 0. The number of rotatable bonds is 5. The van der Waals surface area contributed by atoms with E-state index in [2.05, 4.69) is 10.2 Å². The van der Waals surface area contributed by atoms with Crippen molar-refractivity contribution < 1.29 is 9.85 Å². The number of hydrogen-bond acceptors (Lipinski definition) is 6. The van der Waals surface area contributed by atoms with Gasteiger partial charge in [-0.3, -0.25) is 20.2 Å². The predicted molar refractivity (Wildman–Crippen MR) is 74.4 cm³/mol. The van der Waals surface area contributed by atoms with Gasteiger partial charge in [-0.25, -0.2) is 0 Å². The van der Waals surface area contributed by atoms with Crippen molar-refractivity contribution >= 4 is 17.1 Å². The quantitative estimate of drug-likeness (QED) is 0.472. The summed E-state index contributed by atoms with van der Waals surface area (Å²) in [6.45, 7) is 0.273. The molecule has 0 amide bonds. The number of non-ortho nitro benzene ring substituents is 2. The van der Waals surface area contributed by atoms with Crippen LogP contribution in [-0.2, 0) is 6.54 Å². The van der Waals surface area contributed by atoms with E-state index in [0.29, 0.717) is 5.69 Å². The first-order valence-electron chi connectivity index (χ1n) is 5.91. The first-order valence-corrected chi connectivity index (χ1v) is 5.91. The third-order valence-corrected chi connectivity index (χ3v) is 2.65. The summed E-state index contributed by atoms with van der Waals surface area (Å²) in [5.74, 6) is 0. The van der Waals surface area contributed by atoms with Gasteiger partial charge in [-0.2, -0.15) is 10.2 Å². The molecule has 8 heteroatoms. The molecular formula is C13H10N4O4. The summed E-state index contributed by atoms with van der Waals surface area (Å²) in [7, 11) is 0. The van der Waals surface area contributed by atoms with Gasteiger partial charge in [-0.05, 0) is 17.7 Å². The van der Waals surface area contributed by atoms with Crippen molar-refractivity contribution in [1.29, 1.82) is 0 Å². The van der Waals surface area contributed by atoms with Crippen LogP contribution in [0.25, 0.3) is 0 Å². The third kappa shape index (κ3) is 3.90. The fourth-order valence-electron chi connectivity index (χ4n) is 1.56. The number of nitro groups is 2. The molecule has 2 aromatic carbocycles. The molecule has 8 nitrogen and oxygen atoms in total. The van der Waals surface area contributed by atoms with E-state index in [4.69, 9.17) is 0 Å². The van der Waals surface area contributed by atoms with E-state index in [0.717, 1.165) is 5.56 Å². The SMILES string of the molecule is O=[N+]([O-])c1ccc(CN=Nc2ccc([N+](=O)[O-])cc2)cc1. The lowest BCUT2D eigenvalue weighted by atomic mass is 10.2. The molecule has 0 aliphatic carbocycles. The Morgan fingerprint density at radius 1 is 0.810 bits per heavy atom. The molecule has 0 atom stereocenters. The Morgan fingerprint density at radius 2 is 1.29 bits per heavy atom. The van der Waals surface area contributed by atoms with Crippen LogP contribution in [-0.4, -0.2) is 9.85 Å². The monoisotopic (exact) mass is 286 g/mol. The van der Waals surface area contributed by atoms with Crippen molar-refractivity contribution in [3.63, 3.8) is 0 Å². The number of nitrogens with zero attached hydrogens (tertiary/aromatic N) is 4. The molecule has 0 heterocycles. The number of benzene rings is 2. The van der Waals surface area contributed by atoms with Crippen LogP contribution in [0.5, 0.6) is 0 Å². The summed E-state index contributed by atoms with van der Waals surface area (Å²) in [6, 6.07) is 11.7. The highest BCUT2D eigenvalue weighted by atomic mass is 16.6. The molecule has 0 fully saturated rings. The Kier molecular flexibility index (Phi) is 4.30. The molecule has 0 saturated carbocycles. The standard InChI is InChI=1S/C13H10N4O4/c18-16(19)12-5-1-10(2-6-12)9-14-15-11-3-7-13(8-4-11)17(20)21/h1-8H,9H2. The van der Waals surface area contributed by atoms with Gasteiger partial charge in [0, 0.05) is 24.3 Å². The van der Waals surface area contributed by atoms with Gasteiger partial charge in [-0.15, -0.1) is 0 Å². The van der Waals surface area contributed by atoms with Crippen molar-refractivity contribution in [2.24, 2.45) is 10.2 Å². The molecule has 2 aromatic rings. The van der Waals surface area contributed by atoms with Gasteiger partial charge < -0.3 is 0 Å². The lowest BCUT2D eigenvalue weighted by Gasteiger charge is -1.96. The van der Waals surface area contributed by atoms with E-state index in [1.54, 1.807) is 12.1 Å². The van der Waals surface area contributed by atoms with E-state index in [9.17, 15) is 20.2 Å². The van der Waals surface area contributed by atoms with Crippen LogP contribution in [0, 0.1) is 20.2 Å². The molecule has 0 unspecified atom stereocenters. The van der Waals surface area contributed by atoms with Gasteiger partial charge >= 0.3 is 0 Å². The predicted octanol–water partition coefficient (Wildman–Crippen LogP) is 3.79. The zero-order chi connectivity index (χ0) is 15.2. The summed E-state index contributed by atoms with van der Waals surface area (Å²) in [5, 5.41) is 28.9. The molecule has 0 bridgehead atoms. The molecule has 0 radical (unpaired) electrons. The average molecular weight is 286 g/mol. The maximum atomic E-state index is 10.5. The summed E-state index contributed by atoms with van der Waals surface area (Å²) < 4.78 is 0. The molecule has 0 N–H and O–H groups in total. The van der Waals surface area contributed by atoms with E-state index in [1.165, 1.54) is 36.4 Å². The lowest BCUT2D eigenvalue weighted by Crippen LogP contribution is -1.88. The fourth-order valence-corrected chi connectivity index (χ4v) is 1.56. The maximum Gasteiger partial charge on any atom is 0.269 e. The number of azo groups is 1. The van der Waals surface area contributed by atoms with Crippen LogP contribution >= 0.6 is 0 Å². The number of nitro benzene ring substituents is 2. The van der Waals surface area contributed by atoms with Gasteiger partial charge in [0.25, 0.3) is 11.4 Å². The molecule has 106 valence electrons. The highest BCUT2D eigenvalue weighted by Gasteiger charge is 2.04. The lowest BCUT2D eigenvalue weighted by molar-refractivity contribution is -0.385. The molecule has 0 aliphatic rings. The molecule has 0 aromatic heterocycles. The summed E-state index contributed by atoms with van der Waals surface area (Å²) in [4.78, 5) is 20.0. The van der Waals surface area contributed by atoms with Gasteiger partial charge in [-0.1, -0.05) is 12.1 Å². The van der Waals surface area contributed by atoms with Crippen molar-refractivity contribution in [3.05, 3.63) is 74.3 Å². The Morgan fingerprint density at radius 3 is 1.76 bits per heavy atom. The second-order valence-electron chi connectivity index (χ2n) is 4.10. The van der Waals surface area contributed by atoms with Crippen molar-refractivity contribution in [1.82, 2.24) is 0 Å². The van der Waals surface area contributed by atoms with Gasteiger partial charge in [0.15, 0.2) is 0 Å². The zero-order valence-corrected chi connectivity index (χ0v) is 10.7. The Balaban J connectivity index is 1.98. The Labute approximate surface area is 119 Å². The molecule has 0 spiro atoms. The van der Waals surface area contributed by atoms with Crippen LogP contribution in [0.4, 0.5) is 17.1 Å². The van der Waals surface area contributed by atoms with Gasteiger partial charge in [0.2, 0.25) is 0 Å². The first kappa shape index (κ1) is 14.3. The van der Waals surface area contributed by atoms with Crippen molar-refractivity contribution in [3.8, 4) is 0 Å². The minimum absolute atomic E-state index is 0.00989. The van der Waals surface area contributed by atoms with E-state index >= 15 is 0 Å². The van der Waals surface area contributed by atoms with Crippen LogP contribution in [0.15, 0.2) is 58.8 Å². The summed E-state index contributed by atoms with van der Waals surface area (Å²) in [6.07, 6.45) is 0. The topological polar surface area (TPSA) is 111 Å². The highest BCUT2D eigenvalue weighted by Crippen LogP contribution is 2.19. The fraction of sp³-hybridized carbons (Fsp3) is 0.0769. The maximum absolute atomic E-state index is 10.5. The van der Waals surface area contributed by atoms with Crippen molar-refractivity contribution in [2.45, 2.75) is 6.54 Å². The smallest absolute Gasteiger partial charge is 0.258 e. The molecule has 21 heavy (non-hydrogen) atoms. The second-order valence-corrected chi connectivity index (χ2v) is 4.10. The van der Waals surface area contributed by atoms with E-state index in [1.807, 2.05) is 0 Å². The second kappa shape index (κ2) is 6.33. The largest absolute Gasteiger partial charge is 0.269 e. The van der Waals surface area contributed by atoms with Gasteiger partial charge in [0.1, 0.15) is 0 Å². The van der Waals surface area contributed by atoms with Crippen LogP contribution in [0.3, 0.4) is 0 Å².